The number of aliphatic hydroxyl groups is 1. The van der Waals surface area contributed by atoms with Crippen LogP contribution in [0.3, 0.4) is 0 Å². The molecule has 2 aromatic rings. The molecule has 0 aromatic carbocycles. The molecule has 2 rings (SSSR count). The molecular weight excluding hydrogens is 272 g/mol. The Hall–Kier alpha value is -1.17. The molecule has 0 saturated heterocycles. The fraction of sp³-hybridized carbons (Fsp3) is 0.333. The van der Waals surface area contributed by atoms with Crippen molar-refractivity contribution < 1.29 is 9.84 Å². The molecule has 96 valence electrons. The van der Waals surface area contributed by atoms with Crippen LogP contribution >= 0.6 is 22.9 Å². The highest BCUT2D eigenvalue weighted by molar-refractivity contribution is 7.13. The van der Waals surface area contributed by atoms with Crippen molar-refractivity contribution in [1.29, 1.82) is 0 Å². The Bertz CT molecular complexity index is 557. The molecule has 18 heavy (non-hydrogen) atoms. The summed E-state index contributed by atoms with van der Waals surface area (Å²) in [5.41, 5.74) is 1.83. The van der Waals surface area contributed by atoms with E-state index in [0.717, 1.165) is 17.8 Å². The summed E-state index contributed by atoms with van der Waals surface area (Å²) in [7, 11) is 0. The van der Waals surface area contributed by atoms with Crippen LogP contribution < -0.4 is 4.74 Å². The van der Waals surface area contributed by atoms with E-state index >= 15 is 0 Å². The fourth-order valence-corrected chi connectivity index (χ4v) is 2.47. The summed E-state index contributed by atoms with van der Waals surface area (Å²) in [6.45, 7) is 3.82. The fourth-order valence-electron chi connectivity index (χ4n) is 1.49. The summed E-state index contributed by atoms with van der Waals surface area (Å²) in [6.07, 6.45) is 0.781. The van der Waals surface area contributed by atoms with E-state index in [1.807, 2.05) is 26.0 Å². The van der Waals surface area contributed by atoms with Crippen LogP contribution in [0.1, 0.15) is 23.2 Å². The molecular formula is C12H13ClN2O2S. The average Bonchev–Trinajstić information content (AvgIpc) is 2.71. The van der Waals surface area contributed by atoms with Crippen molar-refractivity contribution in [2.45, 2.75) is 26.9 Å². The zero-order chi connectivity index (χ0) is 13.1. The Labute approximate surface area is 114 Å². The van der Waals surface area contributed by atoms with Gasteiger partial charge in [-0.15, -0.1) is 0 Å². The Balaban J connectivity index is 2.27. The monoisotopic (exact) mass is 284 g/mol. The normalized spacial score (nSPS) is 10.7. The molecule has 0 fully saturated rings. The predicted molar refractivity (Wildman–Crippen MR) is 71.5 cm³/mol. The van der Waals surface area contributed by atoms with Crippen molar-refractivity contribution in [2.24, 2.45) is 0 Å². The minimum absolute atomic E-state index is 0.132. The van der Waals surface area contributed by atoms with Crippen molar-refractivity contribution >= 4 is 22.9 Å². The van der Waals surface area contributed by atoms with E-state index in [-0.39, 0.29) is 11.8 Å². The number of aromatic nitrogens is 2. The molecule has 0 bridgehead atoms. The third-order valence-electron chi connectivity index (χ3n) is 2.38. The standard InChI is InChI=1S/C12H13ClN2O2S/c1-3-8-9(5-4-7(2)14-8)17-12-15-11(13)10(6-16)18-12/h4-5,16H,3,6H2,1-2H3. The smallest absolute Gasteiger partial charge is 0.280 e. The Morgan fingerprint density at radius 2 is 2.17 bits per heavy atom. The van der Waals surface area contributed by atoms with Crippen LogP contribution in [0.5, 0.6) is 10.9 Å². The van der Waals surface area contributed by atoms with Gasteiger partial charge in [0.05, 0.1) is 17.2 Å². The van der Waals surface area contributed by atoms with Gasteiger partial charge in [-0.2, -0.15) is 4.98 Å². The zero-order valence-electron chi connectivity index (χ0n) is 10.1. The van der Waals surface area contributed by atoms with E-state index in [2.05, 4.69) is 9.97 Å². The number of ether oxygens (including phenoxy) is 1. The molecule has 6 heteroatoms. The highest BCUT2D eigenvalue weighted by atomic mass is 35.5. The second-order valence-corrected chi connectivity index (χ2v) is 5.11. The molecule has 0 spiro atoms. The highest BCUT2D eigenvalue weighted by Crippen LogP contribution is 2.33. The molecule has 0 atom stereocenters. The number of rotatable bonds is 4. The van der Waals surface area contributed by atoms with Crippen LogP contribution in [-0.2, 0) is 13.0 Å². The number of nitrogens with zero attached hydrogens (tertiary/aromatic N) is 2. The van der Waals surface area contributed by atoms with Crippen molar-refractivity contribution in [1.82, 2.24) is 9.97 Å². The maximum Gasteiger partial charge on any atom is 0.280 e. The van der Waals surface area contributed by atoms with Gasteiger partial charge in [0, 0.05) is 5.69 Å². The molecule has 0 amide bonds. The maximum absolute atomic E-state index is 9.05. The number of pyridine rings is 1. The number of halogens is 1. The summed E-state index contributed by atoms with van der Waals surface area (Å²) in [6, 6.07) is 3.76. The third-order valence-corrected chi connectivity index (χ3v) is 3.72. The van der Waals surface area contributed by atoms with E-state index in [1.54, 1.807) is 0 Å². The van der Waals surface area contributed by atoms with Gasteiger partial charge in [0.25, 0.3) is 5.19 Å². The lowest BCUT2D eigenvalue weighted by atomic mass is 10.2. The molecule has 0 unspecified atom stereocenters. The molecule has 0 aliphatic heterocycles. The predicted octanol–water partition coefficient (Wildman–Crippen LogP) is 3.35. The first-order valence-corrected chi connectivity index (χ1v) is 6.74. The molecule has 1 N–H and O–H groups in total. The van der Waals surface area contributed by atoms with Gasteiger partial charge in [0.2, 0.25) is 0 Å². The van der Waals surface area contributed by atoms with Crippen molar-refractivity contribution in [2.75, 3.05) is 0 Å². The third kappa shape index (κ3) is 2.80. The lowest BCUT2D eigenvalue weighted by Crippen LogP contribution is -1.95. The van der Waals surface area contributed by atoms with Crippen molar-refractivity contribution in [3.63, 3.8) is 0 Å². The molecule has 2 aromatic heterocycles. The minimum atomic E-state index is -0.132. The van der Waals surface area contributed by atoms with Crippen LogP contribution in [0, 0.1) is 6.92 Å². The van der Waals surface area contributed by atoms with Gasteiger partial charge in [0.1, 0.15) is 5.15 Å². The Morgan fingerprint density at radius 1 is 1.39 bits per heavy atom. The van der Waals surface area contributed by atoms with Crippen LogP contribution in [-0.4, -0.2) is 15.1 Å². The Kier molecular flexibility index (Phi) is 4.16. The van der Waals surface area contributed by atoms with Gasteiger partial charge in [0.15, 0.2) is 5.75 Å². The molecule has 0 aliphatic rings. The summed E-state index contributed by atoms with van der Waals surface area (Å²) in [4.78, 5) is 9.06. The van der Waals surface area contributed by atoms with Crippen molar-refractivity contribution in [3.05, 3.63) is 33.6 Å². The summed E-state index contributed by atoms with van der Waals surface area (Å²) < 4.78 is 5.67. The second-order valence-electron chi connectivity index (χ2n) is 3.70. The molecule has 0 saturated carbocycles. The van der Waals surface area contributed by atoms with Gasteiger partial charge in [-0.1, -0.05) is 29.9 Å². The van der Waals surface area contributed by atoms with Crippen LogP contribution in [0.4, 0.5) is 0 Å². The second kappa shape index (κ2) is 5.65. The lowest BCUT2D eigenvalue weighted by Gasteiger charge is -2.07. The molecule has 2 heterocycles. The van der Waals surface area contributed by atoms with E-state index in [0.29, 0.717) is 15.8 Å². The summed E-state index contributed by atoms with van der Waals surface area (Å²) in [5.74, 6) is 0.679. The zero-order valence-corrected chi connectivity index (χ0v) is 11.7. The van der Waals surface area contributed by atoms with Crippen LogP contribution in [0.15, 0.2) is 12.1 Å². The highest BCUT2D eigenvalue weighted by Gasteiger charge is 2.12. The van der Waals surface area contributed by atoms with Gasteiger partial charge >= 0.3 is 0 Å². The van der Waals surface area contributed by atoms with Gasteiger partial charge in [-0.25, -0.2) is 0 Å². The topological polar surface area (TPSA) is 55.2 Å². The maximum atomic E-state index is 9.05. The van der Waals surface area contributed by atoms with E-state index in [9.17, 15) is 0 Å². The Morgan fingerprint density at radius 3 is 2.78 bits per heavy atom. The van der Waals surface area contributed by atoms with Gasteiger partial charge in [-0.3, -0.25) is 4.98 Å². The first-order chi connectivity index (χ1) is 8.63. The van der Waals surface area contributed by atoms with E-state index in [1.165, 1.54) is 11.3 Å². The summed E-state index contributed by atoms with van der Waals surface area (Å²) in [5, 5.41) is 9.76. The molecule has 4 nitrogen and oxygen atoms in total. The first kappa shape index (κ1) is 13.3. The number of hydrogen-bond acceptors (Lipinski definition) is 5. The largest absolute Gasteiger partial charge is 0.429 e. The number of aliphatic hydroxyl groups excluding tert-OH is 1. The van der Waals surface area contributed by atoms with E-state index < -0.39 is 0 Å². The van der Waals surface area contributed by atoms with Crippen LogP contribution in [0.2, 0.25) is 5.15 Å². The van der Waals surface area contributed by atoms with Crippen molar-refractivity contribution in [3.8, 4) is 10.9 Å². The quantitative estimate of drug-likeness (QED) is 0.935. The number of thiazole rings is 1. The number of hydrogen-bond donors (Lipinski definition) is 1. The van der Waals surface area contributed by atoms with Crippen LogP contribution in [0.25, 0.3) is 0 Å². The first-order valence-electron chi connectivity index (χ1n) is 5.54. The number of aryl methyl sites for hydroxylation is 2. The SMILES string of the molecule is CCc1nc(C)ccc1Oc1nc(Cl)c(CO)s1. The van der Waals surface area contributed by atoms with Gasteiger partial charge < -0.3 is 9.84 Å². The van der Waals surface area contributed by atoms with E-state index in [4.69, 9.17) is 21.4 Å². The summed E-state index contributed by atoms with van der Waals surface area (Å²) >= 11 is 7.09. The molecule has 0 aliphatic carbocycles. The lowest BCUT2D eigenvalue weighted by molar-refractivity contribution is 0.285. The van der Waals surface area contributed by atoms with Gasteiger partial charge in [-0.05, 0) is 25.5 Å². The molecule has 0 radical (unpaired) electrons. The average molecular weight is 285 g/mol. The minimum Gasteiger partial charge on any atom is -0.429 e.